The van der Waals surface area contributed by atoms with Crippen molar-refractivity contribution >= 4 is 11.8 Å². The zero-order valence-electron chi connectivity index (χ0n) is 19.5. The van der Waals surface area contributed by atoms with Gasteiger partial charge in [0, 0.05) is 18.3 Å². The zero-order valence-corrected chi connectivity index (χ0v) is 19.5. The van der Waals surface area contributed by atoms with Gasteiger partial charge in [-0.15, -0.1) is 0 Å². The average Bonchev–Trinajstić information content (AvgIpc) is 3.00. The maximum atomic E-state index is 12.9. The first-order valence-corrected chi connectivity index (χ1v) is 12.3. The van der Waals surface area contributed by atoms with Gasteiger partial charge in [-0.25, -0.2) is 0 Å². The number of fused-ring (bicyclic) bond motifs is 3. The number of carboxylic acids is 1. The highest BCUT2D eigenvalue weighted by Crippen LogP contribution is 2.65. The first-order valence-electron chi connectivity index (χ1n) is 12.3. The maximum absolute atomic E-state index is 12.9. The van der Waals surface area contributed by atoms with Crippen LogP contribution in [0.15, 0.2) is 0 Å². The Labute approximate surface area is 178 Å². The maximum Gasteiger partial charge on any atom is 0.303 e. The van der Waals surface area contributed by atoms with E-state index in [-0.39, 0.29) is 6.42 Å². The van der Waals surface area contributed by atoms with Crippen molar-refractivity contribution in [2.45, 2.75) is 105 Å². The number of ketones is 1. The lowest BCUT2D eigenvalue weighted by molar-refractivity contribution is -0.148. The molecule has 0 aliphatic heterocycles. The molecule has 0 amide bonds. The van der Waals surface area contributed by atoms with Gasteiger partial charge in [0.15, 0.2) is 0 Å². The smallest absolute Gasteiger partial charge is 0.303 e. The van der Waals surface area contributed by atoms with Crippen LogP contribution >= 0.6 is 0 Å². The van der Waals surface area contributed by atoms with Crippen LogP contribution in [0.5, 0.6) is 0 Å². The molecule has 3 aliphatic carbocycles. The minimum atomic E-state index is -0.766. The van der Waals surface area contributed by atoms with Gasteiger partial charge in [-0.3, -0.25) is 9.59 Å². The van der Waals surface area contributed by atoms with Crippen molar-refractivity contribution in [3.63, 3.8) is 0 Å². The van der Waals surface area contributed by atoms with Gasteiger partial charge in [0.05, 0.1) is 0 Å². The van der Waals surface area contributed by atoms with Gasteiger partial charge in [-0.1, -0.05) is 53.9 Å². The van der Waals surface area contributed by atoms with Crippen molar-refractivity contribution in [2.75, 3.05) is 0 Å². The van der Waals surface area contributed by atoms with Gasteiger partial charge in [-0.2, -0.15) is 0 Å². The molecule has 0 saturated heterocycles. The van der Waals surface area contributed by atoms with E-state index >= 15 is 0 Å². The predicted octanol–water partition coefficient (Wildman–Crippen LogP) is 6.74. The molecule has 1 N–H and O–H groups in total. The Morgan fingerprint density at radius 1 is 1.07 bits per heavy atom. The lowest BCUT2D eigenvalue weighted by Gasteiger charge is -2.56. The van der Waals surface area contributed by atoms with Crippen LogP contribution in [0.25, 0.3) is 0 Å². The summed E-state index contributed by atoms with van der Waals surface area (Å²) in [4.78, 5) is 24.1. The van der Waals surface area contributed by atoms with Crippen LogP contribution in [0.4, 0.5) is 0 Å². The Hall–Kier alpha value is -0.860. The molecular formula is C26H44O3. The lowest BCUT2D eigenvalue weighted by Crippen LogP contribution is -2.52. The highest BCUT2D eigenvalue weighted by atomic mass is 16.4. The van der Waals surface area contributed by atoms with E-state index in [1.165, 1.54) is 38.5 Å². The second-order valence-corrected chi connectivity index (χ2v) is 11.7. The van der Waals surface area contributed by atoms with Crippen molar-refractivity contribution in [1.82, 2.24) is 0 Å². The largest absolute Gasteiger partial charge is 0.481 e. The monoisotopic (exact) mass is 404 g/mol. The van der Waals surface area contributed by atoms with Crippen LogP contribution in [0.2, 0.25) is 0 Å². The summed E-state index contributed by atoms with van der Waals surface area (Å²) in [6.07, 6.45) is 11.4. The lowest BCUT2D eigenvalue weighted by atomic mass is 9.48. The Balaban J connectivity index is 1.73. The highest BCUT2D eigenvalue weighted by molar-refractivity contribution is 5.86. The minimum absolute atomic E-state index is 0.128. The molecule has 0 aromatic rings. The number of rotatable bonds is 8. The number of Topliss-reactive ketones (excluding diaryl/α,β-unsaturated/α-hetero) is 1. The van der Waals surface area contributed by atoms with Gasteiger partial charge in [-0.05, 0) is 79.4 Å². The average molecular weight is 405 g/mol. The second-order valence-electron chi connectivity index (χ2n) is 11.7. The molecule has 3 aliphatic rings. The van der Waals surface area contributed by atoms with Crippen LogP contribution in [0, 0.1) is 46.3 Å². The molecule has 3 saturated carbocycles. The predicted molar refractivity (Wildman–Crippen MR) is 118 cm³/mol. The standard InChI is InChI=1S/C26H44O3/c1-17(2)7-6-8-18(3)20-10-11-21-19-9-12-23(27)26(5,16-14-24(28)29)22(19)13-15-25(20,21)4/h17-22H,6-16H2,1-5H3,(H,28,29)/t18-,19-,20-,21+,22-,25-,26+/m0/s1. The molecule has 0 spiro atoms. The molecule has 3 fully saturated rings. The van der Waals surface area contributed by atoms with E-state index in [2.05, 4.69) is 34.6 Å². The number of carbonyl (C=O) groups excluding carboxylic acids is 1. The van der Waals surface area contributed by atoms with Crippen molar-refractivity contribution in [3.8, 4) is 0 Å². The van der Waals surface area contributed by atoms with Crippen molar-refractivity contribution in [1.29, 1.82) is 0 Å². The third kappa shape index (κ3) is 4.30. The molecule has 0 heterocycles. The van der Waals surface area contributed by atoms with Gasteiger partial charge < -0.3 is 5.11 Å². The summed E-state index contributed by atoms with van der Waals surface area (Å²) in [6.45, 7) is 11.8. The van der Waals surface area contributed by atoms with E-state index in [9.17, 15) is 14.7 Å². The molecule has 3 heteroatoms. The number of hydrogen-bond acceptors (Lipinski definition) is 2. The van der Waals surface area contributed by atoms with Crippen LogP contribution in [-0.4, -0.2) is 16.9 Å². The van der Waals surface area contributed by atoms with Crippen molar-refractivity contribution in [3.05, 3.63) is 0 Å². The first kappa shape index (κ1) is 22.8. The molecule has 0 aromatic heterocycles. The normalized spacial score (nSPS) is 40.6. The molecule has 29 heavy (non-hydrogen) atoms. The van der Waals surface area contributed by atoms with Crippen molar-refractivity contribution in [2.24, 2.45) is 46.3 Å². The minimum Gasteiger partial charge on any atom is -0.481 e. The summed E-state index contributed by atoms with van der Waals surface area (Å²) >= 11 is 0. The Morgan fingerprint density at radius 2 is 1.79 bits per heavy atom. The van der Waals surface area contributed by atoms with Crippen molar-refractivity contribution < 1.29 is 14.7 Å². The molecule has 0 radical (unpaired) electrons. The van der Waals surface area contributed by atoms with E-state index in [1.54, 1.807) is 0 Å². The zero-order chi connectivity index (χ0) is 21.4. The van der Waals surface area contributed by atoms with Gasteiger partial charge in [0.2, 0.25) is 0 Å². The number of carboxylic acid groups (broad SMARTS) is 1. The van der Waals surface area contributed by atoms with E-state index in [4.69, 9.17) is 0 Å². The number of hydrogen-bond donors (Lipinski definition) is 1. The fourth-order valence-electron chi connectivity index (χ4n) is 7.99. The summed E-state index contributed by atoms with van der Waals surface area (Å²) in [7, 11) is 0. The molecule has 166 valence electrons. The summed E-state index contributed by atoms with van der Waals surface area (Å²) in [5.74, 6) is 3.74. The molecular weight excluding hydrogens is 360 g/mol. The second kappa shape index (κ2) is 8.71. The number of aliphatic carboxylic acids is 1. The van der Waals surface area contributed by atoms with Crippen LogP contribution in [0.3, 0.4) is 0 Å². The highest BCUT2D eigenvalue weighted by Gasteiger charge is 2.59. The fourth-order valence-corrected chi connectivity index (χ4v) is 7.99. The summed E-state index contributed by atoms with van der Waals surface area (Å²) in [5.41, 5.74) is 0.0100. The topological polar surface area (TPSA) is 54.4 Å². The Kier molecular flexibility index (Phi) is 6.85. The third-order valence-electron chi connectivity index (χ3n) is 9.66. The van der Waals surface area contributed by atoms with E-state index < -0.39 is 11.4 Å². The molecule has 3 rings (SSSR count). The van der Waals surface area contributed by atoms with Gasteiger partial charge in [0.25, 0.3) is 0 Å². The Morgan fingerprint density at radius 3 is 2.45 bits per heavy atom. The third-order valence-corrected chi connectivity index (χ3v) is 9.66. The Bertz CT molecular complexity index is 611. The molecule has 7 atom stereocenters. The van der Waals surface area contributed by atoms with E-state index in [1.807, 2.05) is 0 Å². The molecule has 0 unspecified atom stereocenters. The van der Waals surface area contributed by atoms with Crippen LogP contribution in [0.1, 0.15) is 105 Å². The first-order chi connectivity index (χ1) is 13.6. The number of carbonyl (C=O) groups is 2. The summed E-state index contributed by atoms with van der Waals surface area (Å²) in [5, 5.41) is 9.22. The van der Waals surface area contributed by atoms with Crippen LogP contribution < -0.4 is 0 Å². The molecule has 3 nitrogen and oxygen atoms in total. The van der Waals surface area contributed by atoms with Gasteiger partial charge in [0.1, 0.15) is 5.78 Å². The van der Waals surface area contributed by atoms with Gasteiger partial charge >= 0.3 is 5.97 Å². The van der Waals surface area contributed by atoms with E-state index in [0.717, 1.165) is 36.5 Å². The van der Waals surface area contributed by atoms with E-state index in [0.29, 0.717) is 35.9 Å². The fraction of sp³-hybridized carbons (Fsp3) is 0.923. The molecule has 0 bridgehead atoms. The summed E-state index contributed by atoms with van der Waals surface area (Å²) < 4.78 is 0. The molecule has 0 aromatic carbocycles. The SMILES string of the molecule is CC(C)CCC[C@H](C)[C@@H]1CC[C@@H]2[C@@H]3CCC(=O)[C@](C)(CCC(=O)O)[C@H]3CC[C@]21C. The quantitative estimate of drug-likeness (QED) is 0.487. The summed E-state index contributed by atoms with van der Waals surface area (Å²) in [6, 6.07) is 0. The van der Waals surface area contributed by atoms with Crippen LogP contribution in [-0.2, 0) is 9.59 Å².